The Labute approximate surface area is 96.2 Å². The summed E-state index contributed by atoms with van der Waals surface area (Å²) >= 11 is 11.1. The van der Waals surface area contributed by atoms with Crippen LogP contribution in [-0.2, 0) is 4.79 Å². The first-order valence-electron chi connectivity index (χ1n) is 4.38. The number of ketones is 1. The molecule has 0 unspecified atom stereocenters. The van der Waals surface area contributed by atoms with Crippen molar-refractivity contribution in [1.29, 1.82) is 0 Å². The van der Waals surface area contributed by atoms with E-state index in [0.717, 1.165) is 31.5 Å². The van der Waals surface area contributed by atoms with E-state index in [2.05, 4.69) is 4.79 Å². The van der Waals surface area contributed by atoms with Gasteiger partial charge in [0.1, 0.15) is 0 Å². The van der Waals surface area contributed by atoms with Gasteiger partial charge in [-0.2, -0.15) is 4.79 Å². The molecule has 0 aliphatic rings. The molecule has 6 heteroatoms. The molecule has 0 rings (SSSR count). The monoisotopic (exact) mass is 250 g/mol. The molecular formula is C8H12Cl2N2OSi. The summed E-state index contributed by atoms with van der Waals surface area (Å²) in [4.78, 5) is 13.5. The van der Waals surface area contributed by atoms with Crippen molar-refractivity contribution >= 4 is 44.7 Å². The zero-order valence-corrected chi connectivity index (χ0v) is 10.3. The number of hydrogen-bond donors (Lipinski definition) is 0. The van der Waals surface area contributed by atoms with Gasteiger partial charge in [0, 0.05) is 6.42 Å². The SMILES string of the molecule is [N-]=[N+]=CC(=O)CCCCC[Si]C(Cl)Cl. The summed E-state index contributed by atoms with van der Waals surface area (Å²) in [5.41, 5.74) is 8.06. The van der Waals surface area contributed by atoms with Crippen LogP contribution in [0.1, 0.15) is 25.7 Å². The summed E-state index contributed by atoms with van der Waals surface area (Å²) in [6.07, 6.45) is 4.23. The number of carbonyl (C=O) groups excluding carboxylic acids is 1. The van der Waals surface area contributed by atoms with E-state index in [4.69, 9.17) is 28.7 Å². The van der Waals surface area contributed by atoms with E-state index in [-0.39, 0.29) is 10.2 Å². The van der Waals surface area contributed by atoms with Gasteiger partial charge in [-0.1, -0.05) is 18.9 Å². The Hall–Kier alpha value is -0.153. The first-order chi connectivity index (χ1) is 6.66. The zero-order valence-electron chi connectivity index (χ0n) is 7.75. The molecule has 0 N–H and O–H groups in total. The fourth-order valence-corrected chi connectivity index (χ4v) is 2.27. The van der Waals surface area contributed by atoms with Crippen LogP contribution in [0.4, 0.5) is 0 Å². The molecule has 0 fully saturated rings. The van der Waals surface area contributed by atoms with Crippen LogP contribution < -0.4 is 0 Å². The second-order valence-corrected chi connectivity index (χ2v) is 6.09. The van der Waals surface area contributed by atoms with Crippen LogP contribution >= 0.6 is 23.2 Å². The molecule has 0 atom stereocenters. The Morgan fingerprint density at radius 3 is 2.71 bits per heavy atom. The predicted octanol–water partition coefficient (Wildman–Crippen LogP) is 2.30. The second-order valence-electron chi connectivity index (χ2n) is 2.78. The molecule has 0 aromatic carbocycles. The third kappa shape index (κ3) is 9.93. The molecule has 0 heterocycles. The average molecular weight is 251 g/mol. The van der Waals surface area contributed by atoms with E-state index in [1.807, 2.05) is 0 Å². The summed E-state index contributed by atoms with van der Waals surface area (Å²) in [6.45, 7) is 0. The Balaban J connectivity index is 3.21. The first-order valence-corrected chi connectivity index (χ1v) is 6.54. The van der Waals surface area contributed by atoms with E-state index in [0.29, 0.717) is 15.9 Å². The molecule has 3 nitrogen and oxygen atoms in total. The third-order valence-electron chi connectivity index (χ3n) is 1.60. The van der Waals surface area contributed by atoms with Gasteiger partial charge in [-0.05, 0) is 6.42 Å². The number of halogens is 2. The normalized spacial score (nSPS) is 9.93. The maximum atomic E-state index is 10.8. The van der Waals surface area contributed by atoms with Crippen LogP contribution in [0.15, 0.2) is 0 Å². The number of unbranched alkanes of at least 4 members (excludes halogenated alkanes) is 2. The Morgan fingerprint density at radius 2 is 2.14 bits per heavy atom. The number of carbonyl (C=O) groups is 1. The highest BCUT2D eigenvalue weighted by atomic mass is 35.5. The molecule has 0 saturated carbocycles. The first kappa shape index (κ1) is 13.8. The van der Waals surface area contributed by atoms with Gasteiger partial charge >= 0.3 is 6.21 Å². The minimum absolute atomic E-state index is 0.137. The standard InChI is InChI=1S/C8H12Cl2N2OSi/c9-8(10)14-5-3-1-2-4-7(13)6-12-11/h6,8H,1-5H2. The van der Waals surface area contributed by atoms with Gasteiger partial charge in [-0.3, -0.25) is 4.79 Å². The van der Waals surface area contributed by atoms with Gasteiger partial charge in [0.25, 0.3) is 0 Å². The van der Waals surface area contributed by atoms with Crippen LogP contribution in [-0.4, -0.2) is 30.8 Å². The highest BCUT2D eigenvalue weighted by molar-refractivity contribution is 6.68. The topological polar surface area (TPSA) is 53.5 Å². The van der Waals surface area contributed by atoms with E-state index < -0.39 is 0 Å². The van der Waals surface area contributed by atoms with Gasteiger partial charge < -0.3 is 5.53 Å². The molecule has 0 aliphatic heterocycles. The van der Waals surface area contributed by atoms with Crippen LogP contribution in [0.5, 0.6) is 0 Å². The van der Waals surface area contributed by atoms with Crippen molar-refractivity contribution in [3.63, 3.8) is 0 Å². The summed E-state index contributed by atoms with van der Waals surface area (Å²) in [6, 6.07) is 1.01. The minimum atomic E-state index is -0.252. The molecule has 0 aromatic rings. The van der Waals surface area contributed by atoms with Crippen LogP contribution in [0.3, 0.4) is 0 Å². The molecule has 0 spiro atoms. The Kier molecular flexibility index (Phi) is 9.30. The minimum Gasteiger partial charge on any atom is -0.361 e. The molecule has 78 valence electrons. The largest absolute Gasteiger partial charge is 0.361 e. The van der Waals surface area contributed by atoms with Gasteiger partial charge in [0.2, 0.25) is 5.78 Å². The second kappa shape index (κ2) is 9.40. The van der Waals surface area contributed by atoms with Gasteiger partial charge in [-0.25, -0.2) is 0 Å². The Morgan fingerprint density at radius 1 is 1.43 bits per heavy atom. The quantitative estimate of drug-likeness (QED) is 0.163. The summed E-state index contributed by atoms with van der Waals surface area (Å²) in [5.74, 6) is -0.137. The lowest BCUT2D eigenvalue weighted by Crippen LogP contribution is -2.01. The van der Waals surface area contributed by atoms with Crippen molar-refractivity contribution in [2.75, 3.05) is 0 Å². The lowest BCUT2D eigenvalue weighted by atomic mass is 10.1. The van der Waals surface area contributed by atoms with Crippen molar-refractivity contribution in [2.45, 2.75) is 36.2 Å². The molecule has 14 heavy (non-hydrogen) atoms. The van der Waals surface area contributed by atoms with E-state index in [1.165, 1.54) is 0 Å². The summed E-state index contributed by atoms with van der Waals surface area (Å²) in [7, 11) is 0.574. The van der Waals surface area contributed by atoms with Crippen molar-refractivity contribution in [3.05, 3.63) is 5.53 Å². The average Bonchev–Trinajstić information content (AvgIpc) is 2.11. The summed E-state index contributed by atoms with van der Waals surface area (Å²) < 4.78 is -0.252. The fourth-order valence-electron chi connectivity index (χ4n) is 0.941. The fraction of sp³-hybridized carbons (Fsp3) is 0.750. The van der Waals surface area contributed by atoms with Crippen molar-refractivity contribution in [3.8, 4) is 0 Å². The molecule has 0 amide bonds. The van der Waals surface area contributed by atoms with Crippen LogP contribution in [0, 0.1) is 0 Å². The van der Waals surface area contributed by atoms with Crippen molar-refractivity contribution < 1.29 is 9.58 Å². The summed E-state index contributed by atoms with van der Waals surface area (Å²) in [5, 5.41) is 0. The molecular weight excluding hydrogens is 239 g/mol. The number of alkyl halides is 2. The van der Waals surface area contributed by atoms with E-state index >= 15 is 0 Å². The molecule has 0 saturated heterocycles. The highest BCUT2D eigenvalue weighted by Crippen LogP contribution is 2.07. The van der Waals surface area contributed by atoms with Crippen molar-refractivity contribution in [1.82, 2.24) is 0 Å². The molecule has 0 aromatic heterocycles. The van der Waals surface area contributed by atoms with E-state index in [9.17, 15) is 4.79 Å². The van der Waals surface area contributed by atoms with Gasteiger partial charge in [-0.15, -0.1) is 23.2 Å². The number of rotatable bonds is 8. The lowest BCUT2D eigenvalue weighted by Gasteiger charge is -1.98. The van der Waals surface area contributed by atoms with Crippen LogP contribution in [0.25, 0.3) is 5.53 Å². The number of hydrogen-bond acceptors (Lipinski definition) is 1. The molecule has 0 aliphatic carbocycles. The van der Waals surface area contributed by atoms with Gasteiger partial charge in [0.05, 0.1) is 14.0 Å². The Bertz CT molecular complexity index is 217. The third-order valence-corrected chi connectivity index (χ3v) is 3.48. The number of Topliss-reactive ketones (excluding diaryl/α,β-unsaturated/α-hetero) is 1. The maximum absolute atomic E-state index is 10.8. The highest BCUT2D eigenvalue weighted by Gasteiger charge is 2.03. The molecule has 0 bridgehead atoms. The number of nitrogens with zero attached hydrogens (tertiary/aromatic N) is 2. The lowest BCUT2D eigenvalue weighted by molar-refractivity contribution is -0.116. The smallest absolute Gasteiger partial charge is 0.323 e. The van der Waals surface area contributed by atoms with Crippen molar-refractivity contribution in [2.24, 2.45) is 0 Å². The predicted molar refractivity (Wildman–Crippen MR) is 59.2 cm³/mol. The van der Waals surface area contributed by atoms with Crippen LogP contribution in [0.2, 0.25) is 6.04 Å². The maximum Gasteiger partial charge on any atom is 0.323 e. The zero-order chi connectivity index (χ0) is 10.8. The van der Waals surface area contributed by atoms with E-state index in [1.54, 1.807) is 0 Å². The molecule has 2 radical (unpaired) electrons. The van der Waals surface area contributed by atoms with Gasteiger partial charge in [0.15, 0.2) is 0 Å².